The summed E-state index contributed by atoms with van der Waals surface area (Å²) in [6.07, 6.45) is 3.99. The van der Waals surface area contributed by atoms with E-state index in [1.165, 1.54) is 12.1 Å². The number of benzene rings is 1. The lowest BCUT2D eigenvalue weighted by molar-refractivity contribution is -0.116. The first-order chi connectivity index (χ1) is 10.5. The summed E-state index contributed by atoms with van der Waals surface area (Å²) in [5.41, 5.74) is 0.722. The zero-order valence-electron chi connectivity index (χ0n) is 13.0. The van der Waals surface area contributed by atoms with Gasteiger partial charge in [-0.25, -0.2) is 9.18 Å². The van der Waals surface area contributed by atoms with Gasteiger partial charge in [-0.2, -0.15) is 0 Å². The molecule has 0 fully saturated rings. The molecule has 0 saturated heterocycles. The number of nitrogens with one attached hydrogen (secondary N) is 1. The van der Waals surface area contributed by atoms with Crippen LogP contribution in [0.25, 0.3) is 0 Å². The van der Waals surface area contributed by atoms with E-state index < -0.39 is 12.1 Å². The number of carbonyl (C=O) groups is 2. The molecular weight excluding hydrogens is 285 g/mol. The monoisotopic (exact) mass is 309 g/mol. The van der Waals surface area contributed by atoms with E-state index >= 15 is 0 Å². The lowest BCUT2D eigenvalue weighted by atomic mass is 10.1. The zero-order chi connectivity index (χ0) is 16.4. The van der Waals surface area contributed by atoms with Crippen molar-refractivity contribution >= 4 is 17.6 Å². The second-order valence-corrected chi connectivity index (χ2v) is 5.42. The van der Waals surface area contributed by atoms with E-state index in [1.807, 2.05) is 0 Å². The predicted molar refractivity (Wildman–Crippen MR) is 84.9 cm³/mol. The number of carbonyl (C=O) groups excluding carboxylic acids is 1. The summed E-state index contributed by atoms with van der Waals surface area (Å²) in [5, 5.41) is 11.5. The molecule has 122 valence electrons. The molecule has 0 aliphatic rings. The van der Waals surface area contributed by atoms with E-state index in [4.69, 9.17) is 5.11 Å². The first-order valence-corrected chi connectivity index (χ1v) is 7.80. The van der Waals surface area contributed by atoms with Crippen LogP contribution in [0.5, 0.6) is 0 Å². The molecule has 22 heavy (non-hydrogen) atoms. The van der Waals surface area contributed by atoms with Gasteiger partial charge in [-0.15, -0.1) is 0 Å². The maximum Gasteiger partial charge on any atom is 0.335 e. The van der Waals surface area contributed by atoms with E-state index in [-0.39, 0.29) is 17.9 Å². The van der Waals surface area contributed by atoms with Crippen molar-refractivity contribution in [3.63, 3.8) is 0 Å². The van der Waals surface area contributed by atoms with Gasteiger partial charge in [0.1, 0.15) is 6.17 Å². The van der Waals surface area contributed by atoms with Gasteiger partial charge in [0, 0.05) is 12.1 Å². The number of carboxylic acid groups (broad SMARTS) is 1. The molecule has 0 spiro atoms. The highest BCUT2D eigenvalue weighted by Gasteiger charge is 2.09. The Morgan fingerprint density at radius 3 is 2.36 bits per heavy atom. The number of halogens is 1. The molecule has 1 aromatic rings. The second-order valence-electron chi connectivity index (χ2n) is 5.42. The van der Waals surface area contributed by atoms with Gasteiger partial charge >= 0.3 is 5.97 Å². The van der Waals surface area contributed by atoms with Crippen LogP contribution in [0, 0.1) is 0 Å². The number of anilines is 1. The summed E-state index contributed by atoms with van der Waals surface area (Å²) in [5.74, 6) is -1.18. The van der Waals surface area contributed by atoms with Crippen LogP contribution >= 0.6 is 0 Å². The summed E-state index contributed by atoms with van der Waals surface area (Å²) in [6.45, 7) is 2.08. The second kappa shape index (κ2) is 9.92. The fourth-order valence-corrected chi connectivity index (χ4v) is 2.16. The molecule has 0 aliphatic carbocycles. The third-order valence-electron chi connectivity index (χ3n) is 3.46. The van der Waals surface area contributed by atoms with Crippen molar-refractivity contribution in [1.29, 1.82) is 0 Å². The molecule has 0 saturated carbocycles. The quantitative estimate of drug-likeness (QED) is 0.629. The van der Waals surface area contributed by atoms with Gasteiger partial charge in [0.15, 0.2) is 0 Å². The topological polar surface area (TPSA) is 66.4 Å². The van der Waals surface area contributed by atoms with Crippen molar-refractivity contribution in [3.8, 4) is 0 Å². The minimum Gasteiger partial charge on any atom is -0.478 e. The summed E-state index contributed by atoms with van der Waals surface area (Å²) < 4.78 is 13.5. The van der Waals surface area contributed by atoms with Gasteiger partial charge in [-0.1, -0.05) is 26.2 Å². The van der Waals surface area contributed by atoms with Gasteiger partial charge < -0.3 is 10.4 Å². The number of amides is 1. The number of unbranched alkanes of at least 4 members (excludes halogenated alkanes) is 2. The predicted octanol–water partition coefficient (Wildman–Crippen LogP) is 4.41. The molecule has 0 heterocycles. The molecule has 0 aliphatic heterocycles. The Balaban J connectivity index is 2.24. The van der Waals surface area contributed by atoms with Crippen LogP contribution < -0.4 is 5.32 Å². The van der Waals surface area contributed by atoms with E-state index in [1.54, 1.807) is 12.1 Å². The normalized spacial score (nSPS) is 11.9. The minimum absolute atomic E-state index is 0.172. The lowest BCUT2D eigenvalue weighted by Crippen LogP contribution is -2.12. The Labute approximate surface area is 130 Å². The first kappa shape index (κ1) is 18.1. The highest BCUT2D eigenvalue weighted by molar-refractivity contribution is 5.92. The number of alkyl halides is 1. The maximum atomic E-state index is 13.5. The van der Waals surface area contributed by atoms with Crippen molar-refractivity contribution in [1.82, 2.24) is 0 Å². The third kappa shape index (κ3) is 7.20. The molecule has 1 rings (SSSR count). The third-order valence-corrected chi connectivity index (χ3v) is 3.46. The Kier molecular flexibility index (Phi) is 8.18. The van der Waals surface area contributed by atoms with Crippen LogP contribution in [0.1, 0.15) is 62.2 Å². The fraction of sp³-hybridized carbons (Fsp3) is 0.529. The lowest BCUT2D eigenvalue weighted by Gasteiger charge is -2.08. The number of hydrogen-bond acceptors (Lipinski definition) is 2. The number of hydrogen-bond donors (Lipinski definition) is 2. The summed E-state index contributed by atoms with van der Waals surface area (Å²) in [7, 11) is 0. The van der Waals surface area contributed by atoms with E-state index in [0.717, 1.165) is 19.3 Å². The summed E-state index contributed by atoms with van der Waals surface area (Å²) >= 11 is 0. The minimum atomic E-state index is -1.00. The smallest absolute Gasteiger partial charge is 0.335 e. The fourth-order valence-electron chi connectivity index (χ4n) is 2.16. The van der Waals surface area contributed by atoms with Crippen molar-refractivity contribution in [2.75, 3.05) is 5.32 Å². The molecule has 2 N–H and O–H groups in total. The summed E-state index contributed by atoms with van der Waals surface area (Å²) in [4.78, 5) is 22.4. The van der Waals surface area contributed by atoms with Gasteiger partial charge in [-0.3, -0.25) is 4.79 Å². The average Bonchev–Trinajstić information content (AvgIpc) is 2.48. The van der Waals surface area contributed by atoms with Crippen LogP contribution in [-0.2, 0) is 4.79 Å². The molecule has 5 heteroatoms. The maximum absolute atomic E-state index is 13.5. The van der Waals surface area contributed by atoms with Gasteiger partial charge in [0.25, 0.3) is 0 Å². The molecule has 1 aromatic carbocycles. The van der Waals surface area contributed by atoms with Gasteiger partial charge in [0.05, 0.1) is 5.56 Å². The molecule has 0 aromatic heterocycles. The number of rotatable bonds is 10. The molecule has 0 bridgehead atoms. The Hall–Kier alpha value is -1.91. The van der Waals surface area contributed by atoms with Crippen molar-refractivity contribution in [3.05, 3.63) is 29.8 Å². The van der Waals surface area contributed by atoms with Gasteiger partial charge in [-0.05, 0) is 43.5 Å². The van der Waals surface area contributed by atoms with Crippen LogP contribution in [0.15, 0.2) is 24.3 Å². The Bertz CT molecular complexity index is 473. The number of aromatic carboxylic acids is 1. The summed E-state index contributed by atoms with van der Waals surface area (Å²) in [6, 6.07) is 5.96. The van der Waals surface area contributed by atoms with Crippen LogP contribution in [0.4, 0.5) is 10.1 Å². The Morgan fingerprint density at radius 1 is 1.14 bits per heavy atom. The molecule has 4 nitrogen and oxygen atoms in total. The molecule has 0 radical (unpaired) electrons. The van der Waals surface area contributed by atoms with E-state index in [9.17, 15) is 14.0 Å². The Morgan fingerprint density at radius 2 is 1.77 bits per heavy atom. The highest BCUT2D eigenvalue weighted by Crippen LogP contribution is 2.14. The number of carboxylic acids is 1. The highest BCUT2D eigenvalue weighted by atomic mass is 19.1. The first-order valence-electron chi connectivity index (χ1n) is 7.80. The molecule has 1 atom stereocenters. The molecular formula is C17H24FNO3. The SMILES string of the molecule is CCCCCC(F)CCCC(=O)Nc1ccc(C(=O)O)cc1. The largest absolute Gasteiger partial charge is 0.478 e. The zero-order valence-corrected chi connectivity index (χ0v) is 13.0. The standard InChI is InChI=1S/C17H24FNO3/c1-2-3-4-6-14(18)7-5-8-16(20)19-15-11-9-13(10-12-15)17(21)22/h9-12,14H,2-8H2,1H3,(H,19,20)(H,21,22). The van der Waals surface area contributed by atoms with Crippen molar-refractivity contribution in [2.45, 2.75) is 58.0 Å². The van der Waals surface area contributed by atoms with E-state index in [2.05, 4.69) is 12.2 Å². The van der Waals surface area contributed by atoms with Crippen molar-refractivity contribution < 1.29 is 19.1 Å². The van der Waals surface area contributed by atoms with Crippen LogP contribution in [0.2, 0.25) is 0 Å². The molecule has 1 amide bonds. The van der Waals surface area contributed by atoms with Gasteiger partial charge in [0.2, 0.25) is 5.91 Å². The average molecular weight is 309 g/mol. The molecule has 1 unspecified atom stereocenters. The van der Waals surface area contributed by atoms with Crippen LogP contribution in [-0.4, -0.2) is 23.2 Å². The van der Waals surface area contributed by atoms with Crippen LogP contribution in [0.3, 0.4) is 0 Å². The van der Waals surface area contributed by atoms with E-state index in [0.29, 0.717) is 24.9 Å². The van der Waals surface area contributed by atoms with Crippen molar-refractivity contribution in [2.24, 2.45) is 0 Å².